The maximum atomic E-state index is 5.58. The molecule has 1 rings (SSSR count). The highest BCUT2D eigenvalue weighted by Crippen LogP contribution is 2.16. The Bertz CT molecular complexity index is 332. The van der Waals surface area contributed by atoms with Crippen molar-refractivity contribution in [2.75, 3.05) is 13.7 Å². The van der Waals surface area contributed by atoms with E-state index in [9.17, 15) is 0 Å². The van der Waals surface area contributed by atoms with Crippen LogP contribution in [-0.4, -0.2) is 13.7 Å². The maximum Gasteiger partial charge on any atom is 0.118 e. The molecule has 0 aliphatic heterocycles. The first-order valence-electron chi connectivity index (χ1n) is 5.18. The van der Waals surface area contributed by atoms with Crippen LogP contribution in [0.25, 0.3) is 0 Å². The number of rotatable bonds is 6. The van der Waals surface area contributed by atoms with Crippen LogP contribution in [0.2, 0.25) is 0 Å². The van der Waals surface area contributed by atoms with Crippen LogP contribution < -0.4 is 4.74 Å². The summed E-state index contributed by atoms with van der Waals surface area (Å²) in [7, 11) is 1.66. The average molecular weight is 285 g/mol. The van der Waals surface area contributed by atoms with E-state index in [0.29, 0.717) is 19.1 Å². The molecule has 0 unspecified atom stereocenters. The van der Waals surface area contributed by atoms with Crippen LogP contribution in [0.5, 0.6) is 5.75 Å². The van der Waals surface area contributed by atoms with E-state index in [-0.39, 0.29) is 0 Å². The van der Waals surface area contributed by atoms with Gasteiger partial charge in [0.05, 0.1) is 20.3 Å². The van der Waals surface area contributed by atoms with Crippen LogP contribution in [0.1, 0.15) is 12.5 Å². The van der Waals surface area contributed by atoms with Crippen molar-refractivity contribution in [2.24, 2.45) is 5.92 Å². The van der Waals surface area contributed by atoms with Gasteiger partial charge in [0, 0.05) is 5.92 Å². The first-order valence-corrected chi connectivity index (χ1v) is 5.97. The second kappa shape index (κ2) is 6.71. The van der Waals surface area contributed by atoms with Gasteiger partial charge in [-0.15, -0.1) is 0 Å². The Labute approximate surface area is 105 Å². The normalized spacial score (nSPS) is 12.2. The molecule has 88 valence electrons. The highest BCUT2D eigenvalue weighted by molar-refractivity contribution is 9.11. The molecular formula is C13H17BrO2. The van der Waals surface area contributed by atoms with Crippen molar-refractivity contribution in [1.29, 1.82) is 0 Å². The quantitative estimate of drug-likeness (QED) is 0.792. The van der Waals surface area contributed by atoms with Gasteiger partial charge in [-0.05, 0) is 22.2 Å². The van der Waals surface area contributed by atoms with Gasteiger partial charge in [-0.1, -0.05) is 41.6 Å². The molecule has 0 fully saturated rings. The van der Waals surface area contributed by atoms with Crippen molar-refractivity contribution < 1.29 is 9.47 Å². The zero-order valence-electron chi connectivity index (χ0n) is 9.70. The first-order chi connectivity index (χ1) is 7.63. The van der Waals surface area contributed by atoms with Crippen LogP contribution in [-0.2, 0) is 11.3 Å². The highest BCUT2D eigenvalue weighted by Gasteiger charge is 2.03. The molecule has 0 saturated carbocycles. The van der Waals surface area contributed by atoms with Gasteiger partial charge in [0.1, 0.15) is 5.75 Å². The zero-order valence-corrected chi connectivity index (χ0v) is 11.3. The number of methoxy groups -OCH3 is 1. The summed E-state index contributed by atoms with van der Waals surface area (Å²) in [6, 6.07) is 7.88. The van der Waals surface area contributed by atoms with Gasteiger partial charge < -0.3 is 9.47 Å². The van der Waals surface area contributed by atoms with Gasteiger partial charge in [0.15, 0.2) is 0 Å². The standard InChI is InChI=1S/C13H17BrO2/c1-10(11(2)14)8-16-9-12-4-6-13(15-3)7-5-12/h4-7,10H,2,8-9H2,1,3H3/t10-/m0/s1. The Hall–Kier alpha value is -0.800. The Balaban J connectivity index is 2.34. The van der Waals surface area contributed by atoms with Gasteiger partial charge in [-0.3, -0.25) is 0 Å². The summed E-state index contributed by atoms with van der Waals surface area (Å²) >= 11 is 3.35. The van der Waals surface area contributed by atoms with Gasteiger partial charge in [-0.2, -0.15) is 0 Å². The van der Waals surface area contributed by atoms with E-state index in [2.05, 4.69) is 29.4 Å². The average Bonchev–Trinajstić information content (AvgIpc) is 2.29. The van der Waals surface area contributed by atoms with E-state index in [1.807, 2.05) is 24.3 Å². The van der Waals surface area contributed by atoms with Crippen LogP contribution in [0.3, 0.4) is 0 Å². The van der Waals surface area contributed by atoms with E-state index in [4.69, 9.17) is 9.47 Å². The molecule has 2 nitrogen and oxygen atoms in total. The summed E-state index contributed by atoms with van der Waals surface area (Å²) in [5.41, 5.74) is 1.15. The largest absolute Gasteiger partial charge is 0.497 e. The van der Waals surface area contributed by atoms with Crippen LogP contribution in [0.15, 0.2) is 35.3 Å². The zero-order chi connectivity index (χ0) is 12.0. The molecule has 0 aliphatic rings. The highest BCUT2D eigenvalue weighted by atomic mass is 79.9. The molecule has 1 aromatic rings. The minimum atomic E-state index is 0.332. The number of halogens is 1. The number of hydrogen-bond donors (Lipinski definition) is 0. The van der Waals surface area contributed by atoms with E-state index in [1.54, 1.807) is 7.11 Å². The lowest BCUT2D eigenvalue weighted by Gasteiger charge is -2.10. The Kier molecular flexibility index (Phi) is 5.56. The molecule has 0 spiro atoms. The molecule has 16 heavy (non-hydrogen) atoms. The third kappa shape index (κ3) is 4.37. The van der Waals surface area contributed by atoms with Crippen LogP contribution >= 0.6 is 15.9 Å². The second-order valence-corrected chi connectivity index (χ2v) is 4.73. The molecule has 1 atom stereocenters. The number of benzene rings is 1. The fourth-order valence-corrected chi connectivity index (χ4v) is 1.30. The molecule has 0 amide bonds. The summed E-state index contributed by atoms with van der Waals surface area (Å²) in [6.45, 7) is 7.19. The minimum Gasteiger partial charge on any atom is -0.497 e. The summed E-state index contributed by atoms with van der Waals surface area (Å²) in [4.78, 5) is 0. The smallest absolute Gasteiger partial charge is 0.118 e. The van der Waals surface area contributed by atoms with E-state index in [1.165, 1.54) is 0 Å². The lowest BCUT2D eigenvalue weighted by atomic mass is 10.2. The first kappa shape index (κ1) is 13.3. The van der Waals surface area contributed by atoms with Crippen LogP contribution in [0.4, 0.5) is 0 Å². The number of hydrogen-bond acceptors (Lipinski definition) is 2. The topological polar surface area (TPSA) is 18.5 Å². The summed E-state index contributed by atoms with van der Waals surface area (Å²) in [5.74, 6) is 1.20. The summed E-state index contributed by atoms with van der Waals surface area (Å²) < 4.78 is 11.6. The second-order valence-electron chi connectivity index (χ2n) is 3.71. The predicted octanol–water partition coefficient (Wildman–Crippen LogP) is 3.76. The monoisotopic (exact) mass is 284 g/mol. The summed E-state index contributed by atoms with van der Waals surface area (Å²) in [5, 5.41) is 0. The maximum absolute atomic E-state index is 5.58. The molecule has 0 bridgehead atoms. The molecule has 0 heterocycles. The van der Waals surface area contributed by atoms with Gasteiger partial charge in [0.2, 0.25) is 0 Å². The molecule has 1 aromatic carbocycles. The Morgan fingerprint density at radius 3 is 2.50 bits per heavy atom. The fraction of sp³-hybridized carbons (Fsp3) is 0.385. The molecular weight excluding hydrogens is 268 g/mol. The summed E-state index contributed by atoms with van der Waals surface area (Å²) in [6.07, 6.45) is 0. The lowest BCUT2D eigenvalue weighted by Crippen LogP contribution is -2.05. The van der Waals surface area contributed by atoms with Gasteiger partial charge in [0.25, 0.3) is 0 Å². The van der Waals surface area contributed by atoms with Gasteiger partial charge >= 0.3 is 0 Å². The third-order valence-electron chi connectivity index (χ3n) is 2.33. The Morgan fingerprint density at radius 2 is 2.00 bits per heavy atom. The van der Waals surface area contributed by atoms with Crippen molar-refractivity contribution >= 4 is 15.9 Å². The molecule has 0 radical (unpaired) electrons. The molecule has 0 aromatic heterocycles. The van der Waals surface area contributed by atoms with Crippen molar-refractivity contribution in [2.45, 2.75) is 13.5 Å². The Morgan fingerprint density at radius 1 is 1.38 bits per heavy atom. The van der Waals surface area contributed by atoms with Crippen molar-refractivity contribution in [1.82, 2.24) is 0 Å². The predicted molar refractivity (Wildman–Crippen MR) is 69.9 cm³/mol. The van der Waals surface area contributed by atoms with Crippen molar-refractivity contribution in [3.05, 3.63) is 40.9 Å². The third-order valence-corrected chi connectivity index (χ3v) is 3.11. The SMILES string of the molecule is C=C(Br)[C@@H](C)COCc1ccc(OC)cc1. The molecule has 3 heteroatoms. The minimum absolute atomic E-state index is 0.332. The molecule has 0 saturated heterocycles. The van der Waals surface area contributed by atoms with E-state index >= 15 is 0 Å². The fourth-order valence-electron chi connectivity index (χ4n) is 1.17. The lowest BCUT2D eigenvalue weighted by molar-refractivity contribution is 0.103. The van der Waals surface area contributed by atoms with Crippen LogP contribution in [0, 0.1) is 5.92 Å². The van der Waals surface area contributed by atoms with Crippen molar-refractivity contribution in [3.63, 3.8) is 0 Å². The van der Waals surface area contributed by atoms with Gasteiger partial charge in [-0.25, -0.2) is 0 Å². The molecule has 0 N–H and O–H groups in total. The molecule has 0 aliphatic carbocycles. The number of ether oxygens (including phenoxy) is 2. The van der Waals surface area contributed by atoms with E-state index < -0.39 is 0 Å². The van der Waals surface area contributed by atoms with Crippen molar-refractivity contribution in [3.8, 4) is 5.75 Å². The van der Waals surface area contributed by atoms with E-state index in [0.717, 1.165) is 15.8 Å².